The maximum atomic E-state index is 12.2. The number of nitrogens with zero attached hydrogens (tertiary/aromatic N) is 1. The van der Waals surface area contributed by atoms with Crippen LogP contribution in [0.25, 0.3) is 6.08 Å². The number of hydrogen-bond acceptors (Lipinski definition) is 4. The summed E-state index contributed by atoms with van der Waals surface area (Å²) in [5.41, 5.74) is 4.05. The van der Waals surface area contributed by atoms with Crippen LogP contribution in [0.3, 0.4) is 0 Å². The van der Waals surface area contributed by atoms with Crippen LogP contribution in [0.1, 0.15) is 16.7 Å². The lowest BCUT2D eigenvalue weighted by atomic mass is 10.1. The zero-order valence-electron chi connectivity index (χ0n) is 14.1. The molecule has 1 amide bonds. The molecule has 1 heterocycles. The van der Waals surface area contributed by atoms with Crippen LogP contribution in [-0.2, 0) is 4.79 Å². The first kappa shape index (κ1) is 17.8. The highest BCUT2D eigenvalue weighted by Gasteiger charge is 2.24. The molecule has 0 aliphatic carbocycles. The molecule has 4 nitrogen and oxygen atoms in total. The van der Waals surface area contributed by atoms with Crippen LogP contribution in [0.4, 0.5) is 5.69 Å². The van der Waals surface area contributed by atoms with Gasteiger partial charge in [0.15, 0.2) is 5.17 Å². The third kappa shape index (κ3) is 4.14. The van der Waals surface area contributed by atoms with Gasteiger partial charge in [-0.25, -0.2) is 4.99 Å². The van der Waals surface area contributed by atoms with E-state index in [1.54, 1.807) is 7.11 Å². The van der Waals surface area contributed by atoms with Gasteiger partial charge < -0.3 is 10.1 Å². The van der Waals surface area contributed by atoms with Crippen LogP contribution in [0.5, 0.6) is 5.75 Å². The number of ether oxygens (including phenoxy) is 1. The molecule has 0 radical (unpaired) electrons. The molecular formula is C19H17BrN2O2S. The zero-order chi connectivity index (χ0) is 18.0. The number of methoxy groups -OCH3 is 1. The predicted octanol–water partition coefficient (Wildman–Crippen LogP) is 4.97. The number of amidine groups is 1. The third-order valence-electron chi connectivity index (χ3n) is 3.70. The highest BCUT2D eigenvalue weighted by molar-refractivity contribution is 9.10. The lowest BCUT2D eigenvalue weighted by molar-refractivity contribution is -0.115. The number of aryl methyl sites for hydroxylation is 2. The molecule has 25 heavy (non-hydrogen) atoms. The SMILES string of the molecule is COc1ccc(/C=C2\SC(=Nc3ccc(C)cc3C)NC2=O)cc1Br. The molecule has 1 saturated heterocycles. The summed E-state index contributed by atoms with van der Waals surface area (Å²) in [7, 11) is 1.62. The Morgan fingerprint density at radius 1 is 1.20 bits per heavy atom. The molecule has 2 aromatic rings. The zero-order valence-corrected chi connectivity index (χ0v) is 16.5. The van der Waals surface area contributed by atoms with Gasteiger partial charge in [0.1, 0.15) is 5.75 Å². The summed E-state index contributed by atoms with van der Waals surface area (Å²) < 4.78 is 6.07. The molecule has 1 aliphatic heterocycles. The Morgan fingerprint density at radius 2 is 2.00 bits per heavy atom. The molecule has 0 spiro atoms. The number of aliphatic imine (C=N–C) groups is 1. The topological polar surface area (TPSA) is 50.7 Å². The second kappa shape index (κ2) is 7.45. The van der Waals surface area contributed by atoms with E-state index in [9.17, 15) is 4.79 Å². The second-order valence-corrected chi connectivity index (χ2v) is 7.55. The van der Waals surface area contributed by atoms with Gasteiger partial charge in [-0.05, 0) is 76.9 Å². The average Bonchev–Trinajstić information content (AvgIpc) is 2.90. The number of halogens is 1. The van der Waals surface area contributed by atoms with E-state index in [4.69, 9.17) is 4.74 Å². The Morgan fingerprint density at radius 3 is 2.68 bits per heavy atom. The average molecular weight is 417 g/mol. The van der Waals surface area contributed by atoms with Crippen molar-refractivity contribution in [2.24, 2.45) is 4.99 Å². The number of thioether (sulfide) groups is 1. The van der Waals surface area contributed by atoms with Gasteiger partial charge in [-0.1, -0.05) is 23.8 Å². The molecule has 1 N–H and O–H groups in total. The minimum atomic E-state index is -0.138. The maximum Gasteiger partial charge on any atom is 0.264 e. The first-order valence-corrected chi connectivity index (χ1v) is 9.27. The van der Waals surface area contributed by atoms with Crippen molar-refractivity contribution < 1.29 is 9.53 Å². The lowest BCUT2D eigenvalue weighted by Gasteiger charge is -2.03. The van der Waals surface area contributed by atoms with Crippen LogP contribution < -0.4 is 10.1 Å². The Labute approximate surface area is 159 Å². The van der Waals surface area contributed by atoms with Gasteiger partial charge in [0.2, 0.25) is 0 Å². The Balaban J connectivity index is 1.84. The fourth-order valence-corrected chi connectivity index (χ4v) is 3.84. The molecule has 128 valence electrons. The Bertz CT molecular complexity index is 906. The van der Waals surface area contributed by atoms with Gasteiger partial charge >= 0.3 is 0 Å². The summed E-state index contributed by atoms with van der Waals surface area (Å²) in [5, 5.41) is 3.41. The van der Waals surface area contributed by atoms with E-state index in [1.807, 2.05) is 50.3 Å². The summed E-state index contributed by atoms with van der Waals surface area (Å²) in [6.07, 6.45) is 1.84. The number of nitrogens with one attached hydrogen (secondary N) is 1. The fraction of sp³-hybridized carbons (Fsp3) is 0.158. The fourth-order valence-electron chi connectivity index (χ4n) is 2.44. The molecule has 1 aliphatic rings. The van der Waals surface area contributed by atoms with Crippen LogP contribution >= 0.6 is 27.7 Å². The van der Waals surface area contributed by atoms with Crippen molar-refractivity contribution in [2.45, 2.75) is 13.8 Å². The van der Waals surface area contributed by atoms with Crippen molar-refractivity contribution in [3.05, 3.63) is 62.5 Å². The molecule has 0 saturated carbocycles. The number of carbonyl (C=O) groups excluding carboxylic acids is 1. The van der Waals surface area contributed by atoms with Crippen molar-refractivity contribution in [1.29, 1.82) is 0 Å². The quantitative estimate of drug-likeness (QED) is 0.718. The van der Waals surface area contributed by atoms with E-state index >= 15 is 0 Å². The van der Waals surface area contributed by atoms with E-state index in [2.05, 4.69) is 32.3 Å². The van der Waals surface area contributed by atoms with Gasteiger partial charge in [-0.3, -0.25) is 4.79 Å². The van der Waals surface area contributed by atoms with E-state index < -0.39 is 0 Å². The molecule has 1 fully saturated rings. The maximum absolute atomic E-state index is 12.2. The van der Waals surface area contributed by atoms with E-state index in [-0.39, 0.29) is 5.91 Å². The minimum absolute atomic E-state index is 0.138. The minimum Gasteiger partial charge on any atom is -0.496 e. The number of benzene rings is 2. The highest BCUT2D eigenvalue weighted by atomic mass is 79.9. The third-order valence-corrected chi connectivity index (χ3v) is 5.23. The van der Waals surface area contributed by atoms with Gasteiger partial charge in [0.05, 0.1) is 22.2 Å². The van der Waals surface area contributed by atoms with Gasteiger partial charge in [-0.15, -0.1) is 0 Å². The molecule has 2 aromatic carbocycles. The van der Waals surface area contributed by atoms with Crippen LogP contribution in [0.15, 0.2) is 50.8 Å². The number of hydrogen-bond donors (Lipinski definition) is 1. The smallest absolute Gasteiger partial charge is 0.264 e. The summed E-state index contributed by atoms with van der Waals surface area (Å²) in [6, 6.07) is 11.7. The van der Waals surface area contributed by atoms with Gasteiger partial charge in [0.25, 0.3) is 5.91 Å². The van der Waals surface area contributed by atoms with Crippen molar-refractivity contribution in [3.63, 3.8) is 0 Å². The summed E-state index contributed by atoms with van der Waals surface area (Å²) >= 11 is 4.80. The number of carbonyl (C=O) groups is 1. The van der Waals surface area contributed by atoms with Crippen LogP contribution in [0, 0.1) is 13.8 Å². The molecule has 0 aromatic heterocycles. The largest absolute Gasteiger partial charge is 0.496 e. The Hall–Kier alpha value is -2.05. The summed E-state index contributed by atoms with van der Waals surface area (Å²) in [5.74, 6) is 0.614. The number of amides is 1. The molecular weight excluding hydrogens is 400 g/mol. The predicted molar refractivity (Wildman–Crippen MR) is 107 cm³/mol. The van der Waals surface area contributed by atoms with E-state index in [1.165, 1.54) is 17.3 Å². The normalized spacial score (nSPS) is 17.2. The van der Waals surface area contributed by atoms with Gasteiger partial charge in [-0.2, -0.15) is 0 Å². The number of rotatable bonds is 3. The lowest BCUT2D eigenvalue weighted by Crippen LogP contribution is -2.19. The van der Waals surface area contributed by atoms with Crippen LogP contribution in [-0.4, -0.2) is 18.2 Å². The van der Waals surface area contributed by atoms with Crippen molar-refractivity contribution in [1.82, 2.24) is 5.32 Å². The molecule has 0 unspecified atom stereocenters. The molecule has 0 bridgehead atoms. The highest BCUT2D eigenvalue weighted by Crippen LogP contribution is 2.31. The van der Waals surface area contributed by atoms with Crippen LogP contribution in [0.2, 0.25) is 0 Å². The first-order valence-electron chi connectivity index (χ1n) is 7.66. The summed E-state index contributed by atoms with van der Waals surface area (Å²) in [4.78, 5) is 17.4. The van der Waals surface area contributed by atoms with E-state index in [0.717, 1.165) is 27.0 Å². The van der Waals surface area contributed by atoms with E-state index in [0.29, 0.717) is 10.1 Å². The van der Waals surface area contributed by atoms with Gasteiger partial charge in [0, 0.05) is 0 Å². The molecule has 3 rings (SSSR count). The molecule has 0 atom stereocenters. The first-order chi connectivity index (χ1) is 12.0. The van der Waals surface area contributed by atoms with Crippen molar-refractivity contribution >= 4 is 50.5 Å². The van der Waals surface area contributed by atoms with Crippen molar-refractivity contribution in [2.75, 3.05) is 7.11 Å². The Kier molecular flexibility index (Phi) is 5.30. The standard InChI is InChI=1S/C19H17BrN2O2S/c1-11-4-6-15(12(2)8-11)21-19-22-18(23)17(25-19)10-13-5-7-16(24-3)14(20)9-13/h4-10H,1-3H3,(H,21,22,23)/b17-10-. The van der Waals surface area contributed by atoms with Crippen molar-refractivity contribution in [3.8, 4) is 5.75 Å². The monoisotopic (exact) mass is 416 g/mol. The molecule has 6 heteroatoms. The summed E-state index contributed by atoms with van der Waals surface area (Å²) in [6.45, 7) is 4.06. The second-order valence-electron chi connectivity index (χ2n) is 5.67.